The Morgan fingerprint density at radius 1 is 1.23 bits per heavy atom. The molecule has 0 saturated carbocycles. The molecule has 30 heavy (non-hydrogen) atoms. The second kappa shape index (κ2) is 8.49. The lowest BCUT2D eigenvalue weighted by Gasteiger charge is -2.09. The summed E-state index contributed by atoms with van der Waals surface area (Å²) in [7, 11) is 0. The molecule has 1 atom stereocenters. The van der Waals surface area contributed by atoms with Crippen molar-refractivity contribution in [2.45, 2.75) is 26.2 Å². The van der Waals surface area contributed by atoms with Crippen LogP contribution in [0.15, 0.2) is 54.6 Å². The van der Waals surface area contributed by atoms with Crippen molar-refractivity contribution in [2.24, 2.45) is 5.92 Å². The first-order valence-corrected chi connectivity index (χ1v) is 10.1. The Kier molecular flexibility index (Phi) is 5.61. The lowest BCUT2D eigenvalue weighted by molar-refractivity contribution is -0.123. The first kappa shape index (κ1) is 19.8. The number of carbonyl (C=O) groups excluding carboxylic acids is 2. The van der Waals surface area contributed by atoms with Crippen LogP contribution in [0, 0.1) is 11.7 Å². The lowest BCUT2D eigenvalue weighted by Crippen LogP contribution is -2.24. The predicted molar refractivity (Wildman–Crippen MR) is 113 cm³/mol. The molecule has 1 fully saturated rings. The van der Waals surface area contributed by atoms with Gasteiger partial charge in [-0.15, -0.1) is 5.10 Å². The lowest BCUT2D eigenvalue weighted by atomic mass is 10.0. The Labute approximate surface area is 174 Å². The number of amides is 2. The van der Waals surface area contributed by atoms with Gasteiger partial charge in [-0.2, -0.15) is 0 Å². The summed E-state index contributed by atoms with van der Waals surface area (Å²) in [4.78, 5) is 23.9. The second-order valence-electron chi connectivity index (χ2n) is 7.42. The normalized spacial score (nSPS) is 15.8. The molecule has 4 rings (SSSR count). The third-order valence-corrected chi connectivity index (χ3v) is 5.15. The van der Waals surface area contributed by atoms with E-state index in [-0.39, 0.29) is 18.2 Å². The van der Waals surface area contributed by atoms with Gasteiger partial charge in [0.1, 0.15) is 11.5 Å². The van der Waals surface area contributed by atoms with Crippen LogP contribution in [0.5, 0.6) is 0 Å². The third kappa shape index (κ3) is 4.10. The molecule has 1 aliphatic rings. The number of halogens is 1. The first-order chi connectivity index (χ1) is 14.5. The Morgan fingerprint density at radius 2 is 2.07 bits per heavy atom. The van der Waals surface area contributed by atoms with Crippen LogP contribution in [0.1, 0.15) is 25.3 Å². The van der Waals surface area contributed by atoms with Crippen LogP contribution in [-0.4, -0.2) is 28.1 Å². The van der Waals surface area contributed by atoms with Gasteiger partial charge in [0.05, 0.1) is 11.6 Å². The monoisotopic (exact) mass is 406 g/mol. The summed E-state index contributed by atoms with van der Waals surface area (Å²) in [5.74, 6) is -0.945. The van der Waals surface area contributed by atoms with Gasteiger partial charge in [-0.05, 0) is 30.2 Å². The van der Waals surface area contributed by atoms with E-state index in [1.54, 1.807) is 24.3 Å². The summed E-state index contributed by atoms with van der Waals surface area (Å²) >= 11 is 0. The number of nitrogens with zero attached hydrogens (tertiary/aromatic N) is 2. The van der Waals surface area contributed by atoms with E-state index in [9.17, 15) is 14.0 Å². The van der Waals surface area contributed by atoms with Gasteiger partial charge in [0.2, 0.25) is 11.8 Å². The number of nitrogens with one attached hydrogen (secondary N) is 2. The summed E-state index contributed by atoms with van der Waals surface area (Å²) in [6, 6.07) is 16.1. The zero-order valence-corrected chi connectivity index (χ0v) is 16.7. The molecule has 2 amide bonds. The standard InChI is InChI=1S/C23H23FN4O2/c1-2-6-15-7-5-8-16(11-15)20-13-21(26-23(30)17-12-22(29)25-14-17)27-28(20)19-10-4-3-9-18(19)24/h3-5,7-11,13,17H,2,6,12,14H2,1H3,(H,25,29)(H,26,27,30)/t17-/m1/s1. The van der Waals surface area contributed by atoms with Crippen molar-refractivity contribution in [3.63, 3.8) is 0 Å². The fourth-order valence-electron chi connectivity index (χ4n) is 3.65. The van der Waals surface area contributed by atoms with Crippen molar-refractivity contribution in [3.8, 4) is 16.9 Å². The van der Waals surface area contributed by atoms with Crippen LogP contribution in [0.2, 0.25) is 0 Å². The molecular weight excluding hydrogens is 383 g/mol. The molecule has 0 aliphatic carbocycles. The fraction of sp³-hybridized carbons (Fsp3) is 0.261. The van der Waals surface area contributed by atoms with Crippen molar-refractivity contribution in [1.29, 1.82) is 0 Å². The zero-order valence-electron chi connectivity index (χ0n) is 16.7. The van der Waals surface area contributed by atoms with Crippen LogP contribution in [0.25, 0.3) is 16.9 Å². The number of aromatic nitrogens is 2. The molecule has 154 valence electrons. The van der Waals surface area contributed by atoms with E-state index >= 15 is 0 Å². The van der Waals surface area contributed by atoms with Gasteiger partial charge in [-0.3, -0.25) is 9.59 Å². The maximum atomic E-state index is 14.5. The minimum atomic E-state index is -0.438. The van der Waals surface area contributed by atoms with E-state index in [1.807, 2.05) is 12.1 Å². The third-order valence-electron chi connectivity index (χ3n) is 5.15. The number of carbonyl (C=O) groups is 2. The van der Waals surface area contributed by atoms with Crippen LogP contribution in [-0.2, 0) is 16.0 Å². The number of anilines is 1. The van der Waals surface area contributed by atoms with Crippen molar-refractivity contribution in [3.05, 3.63) is 66.0 Å². The zero-order chi connectivity index (χ0) is 21.1. The molecule has 2 N–H and O–H groups in total. The highest BCUT2D eigenvalue weighted by Crippen LogP contribution is 2.28. The van der Waals surface area contributed by atoms with E-state index in [0.29, 0.717) is 23.7 Å². The Hall–Kier alpha value is -3.48. The molecule has 0 radical (unpaired) electrons. The van der Waals surface area contributed by atoms with Crippen LogP contribution >= 0.6 is 0 Å². The largest absolute Gasteiger partial charge is 0.355 e. The fourth-order valence-corrected chi connectivity index (χ4v) is 3.65. The number of benzene rings is 2. The van der Waals surface area contributed by atoms with Gasteiger partial charge >= 0.3 is 0 Å². The van der Waals surface area contributed by atoms with Crippen LogP contribution in [0.4, 0.5) is 10.2 Å². The average Bonchev–Trinajstić information content (AvgIpc) is 3.35. The molecule has 0 spiro atoms. The second-order valence-corrected chi connectivity index (χ2v) is 7.42. The van der Waals surface area contributed by atoms with E-state index in [1.165, 1.54) is 16.3 Å². The Morgan fingerprint density at radius 3 is 2.80 bits per heavy atom. The summed E-state index contributed by atoms with van der Waals surface area (Å²) in [6.07, 6.45) is 2.12. The van der Waals surface area contributed by atoms with Gasteiger partial charge in [-0.1, -0.05) is 43.7 Å². The summed E-state index contributed by atoms with van der Waals surface area (Å²) in [5, 5.41) is 9.90. The number of hydrogen-bond acceptors (Lipinski definition) is 3. The molecule has 1 aliphatic heterocycles. The van der Waals surface area contributed by atoms with Gasteiger partial charge < -0.3 is 10.6 Å². The number of aryl methyl sites for hydroxylation is 1. The highest BCUT2D eigenvalue weighted by atomic mass is 19.1. The van der Waals surface area contributed by atoms with E-state index in [0.717, 1.165) is 18.4 Å². The van der Waals surface area contributed by atoms with Gasteiger partial charge in [0, 0.05) is 24.6 Å². The molecule has 2 aromatic carbocycles. The molecule has 1 aromatic heterocycles. The number of para-hydroxylation sites is 1. The van der Waals surface area contributed by atoms with Gasteiger partial charge in [0.25, 0.3) is 0 Å². The van der Waals surface area contributed by atoms with E-state index in [4.69, 9.17) is 0 Å². The Bertz CT molecular complexity index is 1090. The summed E-state index contributed by atoms with van der Waals surface area (Å²) < 4.78 is 16.0. The minimum Gasteiger partial charge on any atom is -0.355 e. The molecule has 0 unspecified atom stereocenters. The minimum absolute atomic E-state index is 0.138. The van der Waals surface area contributed by atoms with Crippen molar-refractivity contribution < 1.29 is 14.0 Å². The number of hydrogen-bond donors (Lipinski definition) is 2. The molecule has 7 heteroatoms. The van der Waals surface area contributed by atoms with Crippen molar-refractivity contribution in [2.75, 3.05) is 11.9 Å². The summed E-state index contributed by atoms with van der Waals surface area (Å²) in [6.45, 7) is 2.43. The topological polar surface area (TPSA) is 76.0 Å². The molecule has 6 nitrogen and oxygen atoms in total. The number of rotatable bonds is 6. The summed E-state index contributed by atoms with van der Waals surface area (Å²) in [5.41, 5.74) is 3.04. The average molecular weight is 406 g/mol. The van der Waals surface area contributed by atoms with Gasteiger partial charge in [0.15, 0.2) is 5.82 Å². The maximum Gasteiger partial charge on any atom is 0.230 e. The van der Waals surface area contributed by atoms with Crippen molar-refractivity contribution >= 4 is 17.6 Å². The molecule has 0 bridgehead atoms. The smallest absolute Gasteiger partial charge is 0.230 e. The highest BCUT2D eigenvalue weighted by Gasteiger charge is 2.28. The Balaban J connectivity index is 1.72. The van der Waals surface area contributed by atoms with Crippen LogP contribution in [0.3, 0.4) is 0 Å². The highest BCUT2D eigenvalue weighted by molar-refractivity contribution is 5.97. The molecule has 2 heterocycles. The van der Waals surface area contributed by atoms with Crippen LogP contribution < -0.4 is 10.6 Å². The SMILES string of the molecule is CCCc1cccc(-c2cc(NC(=O)[C@H]3CNC(=O)C3)nn2-c2ccccc2F)c1. The molecular formula is C23H23FN4O2. The predicted octanol–water partition coefficient (Wildman–Crippen LogP) is 3.71. The van der Waals surface area contributed by atoms with E-state index in [2.05, 4.69) is 34.8 Å². The van der Waals surface area contributed by atoms with Gasteiger partial charge in [-0.25, -0.2) is 9.07 Å². The van der Waals surface area contributed by atoms with Crippen molar-refractivity contribution in [1.82, 2.24) is 15.1 Å². The quantitative estimate of drug-likeness (QED) is 0.655. The maximum absolute atomic E-state index is 14.5. The van der Waals surface area contributed by atoms with E-state index < -0.39 is 11.7 Å². The molecule has 3 aromatic rings. The molecule has 1 saturated heterocycles. The first-order valence-electron chi connectivity index (χ1n) is 10.1.